The van der Waals surface area contributed by atoms with Gasteiger partial charge in [0.25, 0.3) is 11.7 Å². The van der Waals surface area contributed by atoms with E-state index in [0.29, 0.717) is 16.9 Å². The van der Waals surface area contributed by atoms with E-state index in [0.717, 1.165) is 10.0 Å². The van der Waals surface area contributed by atoms with Crippen LogP contribution < -0.4 is 4.74 Å². The van der Waals surface area contributed by atoms with Gasteiger partial charge in [-0.15, -0.1) is 0 Å². The van der Waals surface area contributed by atoms with E-state index in [1.807, 2.05) is 24.3 Å². The molecule has 2 heterocycles. The van der Waals surface area contributed by atoms with Crippen LogP contribution in [0.1, 0.15) is 22.7 Å². The Labute approximate surface area is 187 Å². The molecule has 1 aromatic heterocycles. The van der Waals surface area contributed by atoms with Crippen LogP contribution >= 0.6 is 15.9 Å². The lowest BCUT2D eigenvalue weighted by Crippen LogP contribution is -2.29. The number of aromatic nitrogens is 1. The average Bonchev–Trinajstić information content (AvgIpc) is 3.04. The van der Waals surface area contributed by atoms with Gasteiger partial charge >= 0.3 is 0 Å². The molecular formula is C24H19BrN2O4. The van der Waals surface area contributed by atoms with E-state index in [2.05, 4.69) is 20.9 Å². The van der Waals surface area contributed by atoms with E-state index in [1.54, 1.807) is 48.8 Å². The highest BCUT2D eigenvalue weighted by atomic mass is 79.9. The van der Waals surface area contributed by atoms with Crippen molar-refractivity contribution in [1.82, 2.24) is 9.88 Å². The molecule has 0 saturated carbocycles. The zero-order valence-corrected chi connectivity index (χ0v) is 18.2. The van der Waals surface area contributed by atoms with Gasteiger partial charge in [-0.1, -0.05) is 40.2 Å². The molecule has 1 fully saturated rings. The van der Waals surface area contributed by atoms with E-state index < -0.39 is 17.7 Å². The second-order valence-corrected chi connectivity index (χ2v) is 7.99. The van der Waals surface area contributed by atoms with E-state index in [-0.39, 0.29) is 17.9 Å². The molecule has 2 aromatic carbocycles. The van der Waals surface area contributed by atoms with Crippen molar-refractivity contribution < 1.29 is 19.4 Å². The summed E-state index contributed by atoms with van der Waals surface area (Å²) in [4.78, 5) is 31.6. The topological polar surface area (TPSA) is 79.7 Å². The fraction of sp³-hybridized carbons (Fsp3) is 0.125. The summed E-state index contributed by atoms with van der Waals surface area (Å²) < 4.78 is 6.04. The zero-order valence-electron chi connectivity index (χ0n) is 16.7. The van der Waals surface area contributed by atoms with Crippen LogP contribution in [0, 0.1) is 0 Å². The molecule has 0 radical (unpaired) electrons. The number of amides is 1. The van der Waals surface area contributed by atoms with Crippen LogP contribution in [-0.4, -0.2) is 33.8 Å². The first kappa shape index (κ1) is 20.8. The van der Waals surface area contributed by atoms with Gasteiger partial charge in [0, 0.05) is 29.0 Å². The average molecular weight is 479 g/mol. The molecule has 0 spiro atoms. The van der Waals surface area contributed by atoms with Gasteiger partial charge in [0.1, 0.15) is 11.5 Å². The Balaban J connectivity index is 1.87. The summed E-state index contributed by atoms with van der Waals surface area (Å²) in [6.45, 7) is 0.208. The maximum atomic E-state index is 13.1. The molecule has 4 rings (SSSR count). The minimum atomic E-state index is -0.739. The largest absolute Gasteiger partial charge is 0.507 e. The molecule has 1 N–H and O–H groups in total. The van der Waals surface area contributed by atoms with Gasteiger partial charge in [0.15, 0.2) is 0 Å². The lowest BCUT2D eigenvalue weighted by molar-refractivity contribution is -0.140. The standard InChI is InChI=1S/C24H19BrN2O4/c1-31-19-7-3-5-17(13-19)22(28)20-21(16-4-2-6-18(25)12-16)27(24(30)23(20)29)14-15-8-10-26-11-9-15/h2-13,21,28H,14H2,1H3. The molecule has 31 heavy (non-hydrogen) atoms. The number of carbonyl (C=O) groups excluding carboxylic acids is 2. The Kier molecular flexibility index (Phi) is 5.86. The quantitative estimate of drug-likeness (QED) is 0.332. The Morgan fingerprint density at radius 3 is 2.55 bits per heavy atom. The first-order chi connectivity index (χ1) is 15.0. The number of likely N-dealkylation sites (tertiary alicyclic amines) is 1. The van der Waals surface area contributed by atoms with Crippen molar-refractivity contribution >= 4 is 33.4 Å². The lowest BCUT2D eigenvalue weighted by Gasteiger charge is -2.25. The number of ketones is 1. The number of carbonyl (C=O) groups is 2. The maximum Gasteiger partial charge on any atom is 0.295 e. The van der Waals surface area contributed by atoms with Gasteiger partial charge < -0.3 is 14.7 Å². The van der Waals surface area contributed by atoms with E-state index in [4.69, 9.17) is 4.74 Å². The fourth-order valence-corrected chi connectivity index (χ4v) is 4.09. The normalized spacial score (nSPS) is 17.7. The van der Waals surface area contributed by atoms with Crippen molar-refractivity contribution in [2.45, 2.75) is 12.6 Å². The summed E-state index contributed by atoms with van der Waals surface area (Å²) in [6, 6.07) is 17.0. The van der Waals surface area contributed by atoms with Gasteiger partial charge in [-0.3, -0.25) is 14.6 Å². The number of rotatable bonds is 5. The number of ether oxygens (including phenoxy) is 1. The number of aliphatic hydroxyl groups excluding tert-OH is 1. The van der Waals surface area contributed by atoms with Crippen LogP contribution in [0.25, 0.3) is 5.76 Å². The highest BCUT2D eigenvalue weighted by Crippen LogP contribution is 2.41. The third-order valence-electron chi connectivity index (χ3n) is 5.15. The minimum Gasteiger partial charge on any atom is -0.507 e. The summed E-state index contributed by atoms with van der Waals surface area (Å²) in [6.07, 6.45) is 3.27. The monoisotopic (exact) mass is 478 g/mol. The molecule has 3 aromatic rings. The van der Waals surface area contributed by atoms with Gasteiger partial charge in [0.05, 0.1) is 18.7 Å². The SMILES string of the molecule is COc1cccc(C(O)=C2C(=O)C(=O)N(Cc3ccncc3)C2c2cccc(Br)c2)c1. The van der Waals surface area contributed by atoms with Crippen LogP contribution in [0.2, 0.25) is 0 Å². The van der Waals surface area contributed by atoms with Crippen LogP contribution in [-0.2, 0) is 16.1 Å². The van der Waals surface area contributed by atoms with Gasteiger partial charge in [-0.25, -0.2) is 0 Å². The molecule has 156 valence electrons. The number of hydrogen-bond donors (Lipinski definition) is 1. The number of nitrogens with zero attached hydrogens (tertiary/aromatic N) is 2. The second kappa shape index (κ2) is 8.73. The summed E-state index contributed by atoms with van der Waals surface area (Å²) in [5, 5.41) is 11.1. The first-order valence-electron chi connectivity index (χ1n) is 9.57. The van der Waals surface area contributed by atoms with E-state index in [9.17, 15) is 14.7 Å². The van der Waals surface area contributed by atoms with Crippen LogP contribution in [0.3, 0.4) is 0 Å². The van der Waals surface area contributed by atoms with Crippen LogP contribution in [0.15, 0.2) is 83.1 Å². The predicted molar refractivity (Wildman–Crippen MR) is 119 cm³/mol. The first-order valence-corrected chi connectivity index (χ1v) is 10.4. The summed E-state index contributed by atoms with van der Waals surface area (Å²) in [7, 11) is 1.52. The molecule has 0 aliphatic carbocycles. The minimum absolute atomic E-state index is 0.0467. The zero-order chi connectivity index (χ0) is 22.0. The van der Waals surface area contributed by atoms with Crippen molar-refractivity contribution in [2.24, 2.45) is 0 Å². The fourth-order valence-electron chi connectivity index (χ4n) is 3.68. The van der Waals surface area contributed by atoms with Gasteiger partial charge in [-0.05, 0) is 47.5 Å². The van der Waals surface area contributed by atoms with Crippen LogP contribution in [0.5, 0.6) is 5.75 Å². The molecule has 1 amide bonds. The molecule has 6 nitrogen and oxygen atoms in total. The number of aliphatic hydroxyl groups is 1. The van der Waals surface area contributed by atoms with Crippen molar-refractivity contribution in [3.05, 3.63) is 99.8 Å². The molecule has 0 bridgehead atoms. The highest BCUT2D eigenvalue weighted by molar-refractivity contribution is 9.10. The molecule has 1 saturated heterocycles. The Hall–Kier alpha value is -3.45. The Bertz CT molecular complexity index is 1180. The Morgan fingerprint density at radius 2 is 1.84 bits per heavy atom. The van der Waals surface area contributed by atoms with E-state index >= 15 is 0 Å². The number of methoxy groups -OCH3 is 1. The number of benzene rings is 2. The number of hydrogen-bond acceptors (Lipinski definition) is 5. The summed E-state index contributed by atoms with van der Waals surface area (Å²) >= 11 is 3.46. The van der Waals surface area contributed by atoms with Crippen LogP contribution in [0.4, 0.5) is 0 Å². The third kappa shape index (κ3) is 4.09. The lowest BCUT2D eigenvalue weighted by atomic mass is 9.95. The summed E-state index contributed by atoms with van der Waals surface area (Å²) in [5.74, 6) is -1.08. The smallest absolute Gasteiger partial charge is 0.295 e. The molecular weight excluding hydrogens is 460 g/mol. The second-order valence-electron chi connectivity index (χ2n) is 7.07. The van der Waals surface area contributed by atoms with Crippen molar-refractivity contribution in [3.63, 3.8) is 0 Å². The highest BCUT2D eigenvalue weighted by Gasteiger charge is 2.46. The summed E-state index contributed by atoms with van der Waals surface area (Å²) in [5.41, 5.74) is 2.00. The molecule has 7 heteroatoms. The molecule has 1 atom stereocenters. The van der Waals surface area contributed by atoms with Gasteiger partial charge in [0.2, 0.25) is 0 Å². The molecule has 1 unspecified atom stereocenters. The van der Waals surface area contributed by atoms with Crippen molar-refractivity contribution in [3.8, 4) is 5.75 Å². The number of Topliss-reactive ketones (excluding diaryl/α,β-unsaturated/α-hetero) is 1. The number of pyridine rings is 1. The third-order valence-corrected chi connectivity index (χ3v) is 5.64. The molecule has 1 aliphatic rings. The molecule has 1 aliphatic heterocycles. The van der Waals surface area contributed by atoms with E-state index in [1.165, 1.54) is 12.0 Å². The van der Waals surface area contributed by atoms with Crippen molar-refractivity contribution in [1.29, 1.82) is 0 Å². The maximum absolute atomic E-state index is 13.1. The predicted octanol–water partition coefficient (Wildman–Crippen LogP) is 4.47. The Morgan fingerprint density at radius 1 is 1.10 bits per heavy atom. The van der Waals surface area contributed by atoms with Gasteiger partial charge in [-0.2, -0.15) is 0 Å². The van der Waals surface area contributed by atoms with Crippen molar-refractivity contribution in [2.75, 3.05) is 7.11 Å². The number of halogens is 1.